The smallest absolute Gasteiger partial charge is 0.229 e. The number of nitrogens with one attached hydrogen (secondary N) is 1. The molecular formula is C21H22N2O3. The molecule has 5 nitrogen and oxygen atoms in total. The quantitative estimate of drug-likeness (QED) is 0.858. The van der Waals surface area contributed by atoms with Crippen LogP contribution in [0.3, 0.4) is 0 Å². The van der Waals surface area contributed by atoms with Crippen molar-refractivity contribution < 1.29 is 14.4 Å². The maximum absolute atomic E-state index is 12.6. The fraction of sp³-hybridized carbons (Fsp3) is 0.286. The minimum atomic E-state index is -0.413. The lowest BCUT2D eigenvalue weighted by molar-refractivity contribution is -0.122. The number of nitrogens with zero attached hydrogens (tertiary/aromatic N) is 1. The number of rotatable bonds is 4. The monoisotopic (exact) mass is 350 g/mol. The van der Waals surface area contributed by atoms with Gasteiger partial charge in [0.25, 0.3) is 0 Å². The van der Waals surface area contributed by atoms with Crippen molar-refractivity contribution in [2.45, 2.75) is 27.2 Å². The summed E-state index contributed by atoms with van der Waals surface area (Å²) < 4.78 is 0. The van der Waals surface area contributed by atoms with Crippen molar-refractivity contribution in [3.05, 3.63) is 59.2 Å². The molecule has 1 atom stereocenters. The SMILES string of the molecule is CC(=O)c1cccc(NC(=O)[C@H]2CC(=O)N(c3ccc(C)cc3C)C2)c1. The van der Waals surface area contributed by atoms with E-state index in [1.165, 1.54) is 6.92 Å². The molecule has 26 heavy (non-hydrogen) atoms. The number of benzene rings is 2. The number of hydrogen-bond donors (Lipinski definition) is 1. The second-order valence-corrected chi connectivity index (χ2v) is 6.82. The van der Waals surface area contributed by atoms with E-state index >= 15 is 0 Å². The Morgan fingerprint density at radius 2 is 1.88 bits per heavy atom. The summed E-state index contributed by atoms with van der Waals surface area (Å²) in [7, 11) is 0. The molecule has 134 valence electrons. The van der Waals surface area contributed by atoms with Gasteiger partial charge in [-0.15, -0.1) is 0 Å². The maximum Gasteiger partial charge on any atom is 0.229 e. The Bertz CT molecular complexity index is 889. The van der Waals surface area contributed by atoms with Crippen molar-refractivity contribution in [2.75, 3.05) is 16.8 Å². The molecule has 0 unspecified atom stereocenters. The fourth-order valence-electron chi connectivity index (χ4n) is 3.28. The van der Waals surface area contributed by atoms with Gasteiger partial charge in [-0.25, -0.2) is 0 Å². The maximum atomic E-state index is 12.6. The largest absolute Gasteiger partial charge is 0.326 e. The van der Waals surface area contributed by atoms with Gasteiger partial charge in [0.15, 0.2) is 5.78 Å². The Kier molecular flexibility index (Phi) is 4.89. The van der Waals surface area contributed by atoms with Crippen molar-refractivity contribution in [3.63, 3.8) is 0 Å². The lowest BCUT2D eigenvalue weighted by Gasteiger charge is -2.19. The molecule has 1 aliphatic heterocycles. The predicted octanol–water partition coefficient (Wildman–Crippen LogP) is 3.50. The average molecular weight is 350 g/mol. The van der Waals surface area contributed by atoms with E-state index in [4.69, 9.17) is 0 Å². The highest BCUT2D eigenvalue weighted by atomic mass is 16.2. The third-order valence-corrected chi connectivity index (χ3v) is 4.68. The van der Waals surface area contributed by atoms with Gasteiger partial charge in [-0.1, -0.05) is 29.8 Å². The molecule has 1 saturated heterocycles. The van der Waals surface area contributed by atoms with E-state index in [0.29, 0.717) is 17.8 Å². The Morgan fingerprint density at radius 1 is 1.12 bits per heavy atom. The summed E-state index contributed by atoms with van der Waals surface area (Å²) in [6, 6.07) is 12.8. The molecule has 0 aliphatic carbocycles. The zero-order valence-electron chi connectivity index (χ0n) is 15.2. The Hall–Kier alpha value is -2.95. The minimum absolute atomic E-state index is 0.0467. The van der Waals surface area contributed by atoms with Gasteiger partial charge in [-0.2, -0.15) is 0 Å². The van der Waals surface area contributed by atoms with Crippen LogP contribution in [-0.2, 0) is 9.59 Å². The number of hydrogen-bond acceptors (Lipinski definition) is 3. The Balaban J connectivity index is 1.73. The second-order valence-electron chi connectivity index (χ2n) is 6.82. The van der Waals surface area contributed by atoms with Crippen molar-refractivity contribution in [1.29, 1.82) is 0 Å². The third kappa shape index (κ3) is 3.67. The molecule has 1 aliphatic rings. The molecule has 1 fully saturated rings. The Morgan fingerprint density at radius 3 is 2.58 bits per heavy atom. The predicted molar refractivity (Wildman–Crippen MR) is 101 cm³/mol. The number of aryl methyl sites for hydroxylation is 2. The normalized spacial score (nSPS) is 16.7. The van der Waals surface area contributed by atoms with Crippen molar-refractivity contribution in [1.82, 2.24) is 0 Å². The van der Waals surface area contributed by atoms with E-state index in [1.807, 2.05) is 32.0 Å². The lowest BCUT2D eigenvalue weighted by atomic mass is 10.1. The highest BCUT2D eigenvalue weighted by molar-refractivity contribution is 6.04. The topological polar surface area (TPSA) is 66.5 Å². The Labute approximate surface area is 153 Å². The second kappa shape index (κ2) is 7.12. The average Bonchev–Trinajstić information content (AvgIpc) is 2.97. The summed E-state index contributed by atoms with van der Waals surface area (Å²) in [4.78, 5) is 38.2. The molecule has 3 rings (SSSR count). The van der Waals surface area contributed by atoms with Gasteiger partial charge in [0, 0.05) is 29.9 Å². The number of carbonyl (C=O) groups excluding carboxylic acids is 3. The first-order valence-corrected chi connectivity index (χ1v) is 8.64. The molecule has 2 aromatic rings. The molecular weight excluding hydrogens is 328 g/mol. The van der Waals surface area contributed by atoms with Gasteiger partial charge in [-0.3, -0.25) is 14.4 Å². The summed E-state index contributed by atoms with van der Waals surface area (Å²) in [6.07, 6.45) is 0.186. The van der Waals surface area contributed by atoms with Crippen molar-refractivity contribution >= 4 is 29.0 Å². The summed E-state index contributed by atoms with van der Waals surface area (Å²) in [5.41, 5.74) is 4.13. The molecule has 0 radical (unpaired) electrons. The lowest BCUT2D eigenvalue weighted by Crippen LogP contribution is -2.28. The van der Waals surface area contributed by atoms with Crippen LogP contribution in [0.15, 0.2) is 42.5 Å². The van der Waals surface area contributed by atoms with Crippen LogP contribution in [0.2, 0.25) is 0 Å². The van der Waals surface area contributed by atoms with Crippen LogP contribution in [0.5, 0.6) is 0 Å². The van der Waals surface area contributed by atoms with Gasteiger partial charge in [0.1, 0.15) is 0 Å². The third-order valence-electron chi connectivity index (χ3n) is 4.68. The number of Topliss-reactive ketones (excluding diaryl/α,β-unsaturated/α-hetero) is 1. The molecule has 0 bridgehead atoms. The van der Waals surface area contributed by atoms with E-state index in [2.05, 4.69) is 5.32 Å². The van der Waals surface area contributed by atoms with Gasteiger partial charge < -0.3 is 10.2 Å². The molecule has 2 aromatic carbocycles. The van der Waals surface area contributed by atoms with Crippen LogP contribution >= 0.6 is 0 Å². The van der Waals surface area contributed by atoms with Crippen LogP contribution in [0.4, 0.5) is 11.4 Å². The molecule has 2 amide bonds. The van der Waals surface area contributed by atoms with E-state index in [9.17, 15) is 14.4 Å². The summed E-state index contributed by atoms with van der Waals surface area (Å²) >= 11 is 0. The van der Waals surface area contributed by atoms with Gasteiger partial charge in [-0.05, 0) is 44.5 Å². The van der Waals surface area contributed by atoms with Crippen LogP contribution in [0.25, 0.3) is 0 Å². The highest BCUT2D eigenvalue weighted by Gasteiger charge is 2.35. The highest BCUT2D eigenvalue weighted by Crippen LogP contribution is 2.29. The number of amides is 2. The number of carbonyl (C=O) groups is 3. The zero-order chi connectivity index (χ0) is 18.8. The molecule has 5 heteroatoms. The first-order valence-electron chi connectivity index (χ1n) is 8.64. The first-order chi connectivity index (χ1) is 12.3. The van der Waals surface area contributed by atoms with Crippen LogP contribution < -0.4 is 10.2 Å². The molecule has 1 N–H and O–H groups in total. The molecule has 0 saturated carbocycles. The van der Waals surface area contributed by atoms with Crippen LogP contribution in [0, 0.1) is 19.8 Å². The van der Waals surface area contributed by atoms with Gasteiger partial charge in [0.2, 0.25) is 11.8 Å². The van der Waals surface area contributed by atoms with E-state index in [1.54, 1.807) is 29.2 Å². The minimum Gasteiger partial charge on any atom is -0.326 e. The summed E-state index contributed by atoms with van der Waals surface area (Å²) in [5.74, 6) is -0.719. The molecule has 0 aromatic heterocycles. The fourth-order valence-corrected chi connectivity index (χ4v) is 3.28. The van der Waals surface area contributed by atoms with Crippen molar-refractivity contribution in [2.24, 2.45) is 5.92 Å². The van der Waals surface area contributed by atoms with Gasteiger partial charge >= 0.3 is 0 Å². The van der Waals surface area contributed by atoms with E-state index in [0.717, 1.165) is 16.8 Å². The standard InChI is InChI=1S/C21H22N2O3/c1-13-7-8-19(14(2)9-13)23-12-17(11-20(23)25)21(26)22-18-6-4-5-16(10-18)15(3)24/h4-10,17H,11-12H2,1-3H3,(H,22,26)/t17-/m0/s1. The van der Waals surface area contributed by atoms with Crippen LogP contribution in [-0.4, -0.2) is 24.1 Å². The molecule has 1 heterocycles. The number of ketones is 1. The summed E-state index contributed by atoms with van der Waals surface area (Å²) in [6.45, 7) is 5.82. The summed E-state index contributed by atoms with van der Waals surface area (Å²) in [5, 5.41) is 2.83. The number of anilines is 2. The van der Waals surface area contributed by atoms with Crippen molar-refractivity contribution in [3.8, 4) is 0 Å². The van der Waals surface area contributed by atoms with Gasteiger partial charge in [0.05, 0.1) is 5.92 Å². The first kappa shape index (κ1) is 17.9. The molecule has 0 spiro atoms. The van der Waals surface area contributed by atoms with E-state index in [-0.39, 0.29) is 24.0 Å². The zero-order valence-corrected chi connectivity index (χ0v) is 15.2. The van der Waals surface area contributed by atoms with Crippen LogP contribution in [0.1, 0.15) is 34.8 Å². The van der Waals surface area contributed by atoms with E-state index < -0.39 is 5.92 Å².